The summed E-state index contributed by atoms with van der Waals surface area (Å²) in [6.45, 7) is 13.5. The van der Waals surface area contributed by atoms with Crippen molar-refractivity contribution in [2.45, 2.75) is 58.8 Å². The molecule has 3 heterocycles. The van der Waals surface area contributed by atoms with Gasteiger partial charge in [-0.25, -0.2) is 4.79 Å². The SMILES string of the molecule is C[C@H]1Cc2c(nc(OCCN(C)C)nc2N2CCN(C(=O)OC(C)(C)C)CC2)CN1Cc1ccccc1. The molecule has 0 aliphatic carbocycles. The number of hydrogen-bond donors (Lipinski definition) is 0. The van der Waals surface area contributed by atoms with Crippen LogP contribution in [0.4, 0.5) is 10.6 Å². The van der Waals surface area contributed by atoms with Crippen LogP contribution >= 0.6 is 0 Å². The van der Waals surface area contributed by atoms with Crippen LogP contribution in [0.25, 0.3) is 0 Å². The van der Waals surface area contributed by atoms with Gasteiger partial charge in [0, 0.05) is 57.4 Å². The quantitative estimate of drug-likeness (QED) is 0.561. The molecule has 202 valence electrons. The number of aromatic nitrogens is 2. The maximum atomic E-state index is 12.6. The predicted molar refractivity (Wildman–Crippen MR) is 145 cm³/mol. The van der Waals surface area contributed by atoms with Crippen LogP contribution in [0, 0.1) is 0 Å². The molecule has 0 bridgehead atoms. The first-order valence-electron chi connectivity index (χ1n) is 13.3. The maximum absolute atomic E-state index is 12.6. The van der Waals surface area contributed by atoms with Crippen LogP contribution in [0.1, 0.15) is 44.5 Å². The highest BCUT2D eigenvalue weighted by Crippen LogP contribution is 2.32. The Kier molecular flexibility index (Phi) is 8.54. The highest BCUT2D eigenvalue weighted by Gasteiger charge is 2.32. The first-order chi connectivity index (χ1) is 17.6. The molecular formula is C28H42N6O3. The molecule has 9 heteroatoms. The summed E-state index contributed by atoms with van der Waals surface area (Å²) in [6.07, 6.45) is 0.622. The average Bonchev–Trinajstić information content (AvgIpc) is 2.84. The second-order valence-electron chi connectivity index (χ2n) is 11.3. The van der Waals surface area contributed by atoms with Crippen LogP contribution in [0.5, 0.6) is 6.01 Å². The summed E-state index contributed by atoms with van der Waals surface area (Å²) in [6, 6.07) is 11.4. The van der Waals surface area contributed by atoms with Gasteiger partial charge in [-0.15, -0.1) is 0 Å². The fraction of sp³-hybridized carbons (Fsp3) is 0.607. The number of rotatable bonds is 7. The van der Waals surface area contributed by atoms with Crippen molar-refractivity contribution >= 4 is 11.9 Å². The molecule has 2 aliphatic heterocycles. The van der Waals surface area contributed by atoms with Crippen molar-refractivity contribution < 1.29 is 14.3 Å². The number of likely N-dealkylation sites (N-methyl/N-ethyl adjacent to an activating group) is 1. The first-order valence-corrected chi connectivity index (χ1v) is 13.3. The highest BCUT2D eigenvalue weighted by atomic mass is 16.6. The smallest absolute Gasteiger partial charge is 0.410 e. The van der Waals surface area contributed by atoms with Crippen molar-refractivity contribution in [3.05, 3.63) is 47.2 Å². The Morgan fingerprint density at radius 2 is 1.78 bits per heavy atom. The Hall–Kier alpha value is -2.91. The lowest BCUT2D eigenvalue weighted by Gasteiger charge is -2.39. The fourth-order valence-electron chi connectivity index (χ4n) is 4.71. The zero-order chi connectivity index (χ0) is 26.6. The Bertz CT molecular complexity index is 1050. The minimum atomic E-state index is -0.499. The van der Waals surface area contributed by atoms with E-state index in [-0.39, 0.29) is 6.09 Å². The Morgan fingerprint density at radius 3 is 2.43 bits per heavy atom. The third-order valence-corrected chi connectivity index (χ3v) is 6.76. The third-order valence-electron chi connectivity index (χ3n) is 6.76. The number of nitrogens with zero attached hydrogens (tertiary/aromatic N) is 6. The number of ether oxygens (including phenoxy) is 2. The van der Waals surface area contributed by atoms with Crippen LogP contribution in [-0.2, 0) is 24.2 Å². The summed E-state index contributed by atoms with van der Waals surface area (Å²) in [5.41, 5.74) is 3.03. The zero-order valence-corrected chi connectivity index (χ0v) is 23.2. The molecule has 1 aromatic carbocycles. The predicted octanol–water partition coefficient (Wildman–Crippen LogP) is 3.42. The van der Waals surface area contributed by atoms with E-state index in [0.717, 1.165) is 37.6 Å². The van der Waals surface area contributed by atoms with Crippen molar-refractivity contribution in [2.75, 3.05) is 58.3 Å². The Balaban J connectivity index is 1.53. The topological polar surface area (TPSA) is 74.3 Å². The van der Waals surface area contributed by atoms with E-state index in [1.54, 1.807) is 4.90 Å². The standard InChI is InChI=1S/C28H42N6O3/c1-21-18-23-24(20-34(21)19-22-10-8-7-9-11-22)29-26(36-17-16-31(5)6)30-25(23)32-12-14-33(15-13-32)27(35)37-28(2,3)4/h7-11,21H,12-20H2,1-6H3/t21-/m0/s1. The van der Waals surface area contributed by atoms with Gasteiger partial charge in [0.2, 0.25) is 0 Å². The molecule has 1 amide bonds. The number of fused-ring (bicyclic) bond motifs is 1. The molecule has 2 aromatic rings. The molecule has 0 spiro atoms. The molecule has 37 heavy (non-hydrogen) atoms. The molecule has 0 saturated carbocycles. The van der Waals surface area contributed by atoms with Gasteiger partial charge >= 0.3 is 12.1 Å². The summed E-state index contributed by atoms with van der Waals surface area (Å²) in [5, 5.41) is 0. The molecule has 4 rings (SSSR count). The third kappa shape index (κ3) is 7.32. The monoisotopic (exact) mass is 510 g/mol. The summed E-state index contributed by atoms with van der Waals surface area (Å²) in [5.74, 6) is 0.944. The molecule has 2 aliphatic rings. The van der Waals surface area contributed by atoms with E-state index in [2.05, 4.69) is 52.0 Å². The van der Waals surface area contributed by atoms with E-state index >= 15 is 0 Å². The van der Waals surface area contributed by atoms with Crippen molar-refractivity contribution in [1.82, 2.24) is 24.7 Å². The number of anilines is 1. The van der Waals surface area contributed by atoms with Crippen molar-refractivity contribution in [3.63, 3.8) is 0 Å². The minimum Gasteiger partial charge on any atom is -0.462 e. The van der Waals surface area contributed by atoms with Gasteiger partial charge in [0.15, 0.2) is 0 Å². The van der Waals surface area contributed by atoms with Crippen LogP contribution in [-0.4, -0.2) is 95.8 Å². The maximum Gasteiger partial charge on any atom is 0.410 e. The van der Waals surface area contributed by atoms with Gasteiger partial charge in [-0.2, -0.15) is 9.97 Å². The second kappa shape index (κ2) is 11.6. The summed E-state index contributed by atoms with van der Waals surface area (Å²) in [7, 11) is 4.05. The summed E-state index contributed by atoms with van der Waals surface area (Å²) < 4.78 is 11.6. The number of amides is 1. The number of benzene rings is 1. The molecule has 1 fully saturated rings. The number of carbonyl (C=O) groups excluding carboxylic acids is 1. The lowest BCUT2D eigenvalue weighted by atomic mass is 9.97. The largest absolute Gasteiger partial charge is 0.462 e. The fourth-order valence-corrected chi connectivity index (χ4v) is 4.71. The Morgan fingerprint density at radius 1 is 1.08 bits per heavy atom. The second-order valence-corrected chi connectivity index (χ2v) is 11.3. The van der Waals surface area contributed by atoms with Gasteiger partial charge in [0.25, 0.3) is 0 Å². The van der Waals surface area contributed by atoms with Gasteiger partial charge in [0.05, 0.1) is 5.69 Å². The number of hydrogen-bond acceptors (Lipinski definition) is 8. The minimum absolute atomic E-state index is 0.255. The van der Waals surface area contributed by atoms with Crippen LogP contribution in [0.15, 0.2) is 30.3 Å². The van der Waals surface area contributed by atoms with Gasteiger partial charge in [-0.3, -0.25) is 4.90 Å². The van der Waals surface area contributed by atoms with Crippen molar-refractivity contribution in [1.29, 1.82) is 0 Å². The number of carbonyl (C=O) groups is 1. The van der Waals surface area contributed by atoms with Gasteiger partial charge in [-0.05, 0) is 53.8 Å². The Labute approximate surface area is 221 Å². The van der Waals surface area contributed by atoms with Crippen molar-refractivity contribution in [3.8, 4) is 6.01 Å². The van der Waals surface area contributed by atoms with E-state index < -0.39 is 5.60 Å². The average molecular weight is 511 g/mol. The molecule has 1 atom stereocenters. The van der Waals surface area contributed by atoms with Crippen molar-refractivity contribution in [2.24, 2.45) is 0 Å². The molecule has 0 N–H and O–H groups in total. The summed E-state index contributed by atoms with van der Waals surface area (Å²) >= 11 is 0. The van der Waals surface area contributed by atoms with E-state index in [0.29, 0.717) is 44.8 Å². The van der Waals surface area contributed by atoms with Crippen LogP contribution < -0.4 is 9.64 Å². The van der Waals surface area contributed by atoms with E-state index in [1.807, 2.05) is 34.9 Å². The molecule has 0 unspecified atom stereocenters. The van der Waals surface area contributed by atoms with Gasteiger partial charge < -0.3 is 24.2 Å². The zero-order valence-electron chi connectivity index (χ0n) is 23.2. The van der Waals surface area contributed by atoms with Crippen LogP contribution in [0.3, 0.4) is 0 Å². The number of piperazine rings is 1. The van der Waals surface area contributed by atoms with E-state index in [1.165, 1.54) is 11.1 Å². The lowest BCUT2D eigenvalue weighted by molar-refractivity contribution is 0.0240. The molecule has 0 radical (unpaired) electrons. The normalized spacial score (nSPS) is 18.6. The van der Waals surface area contributed by atoms with Gasteiger partial charge in [-0.1, -0.05) is 30.3 Å². The van der Waals surface area contributed by atoms with Gasteiger partial charge in [0.1, 0.15) is 18.0 Å². The molecular weight excluding hydrogens is 468 g/mol. The van der Waals surface area contributed by atoms with E-state index in [9.17, 15) is 4.79 Å². The summed E-state index contributed by atoms with van der Waals surface area (Å²) in [4.78, 5) is 31.0. The van der Waals surface area contributed by atoms with Crippen LogP contribution in [0.2, 0.25) is 0 Å². The lowest BCUT2D eigenvalue weighted by Crippen LogP contribution is -2.51. The highest BCUT2D eigenvalue weighted by molar-refractivity contribution is 5.68. The first kappa shape index (κ1) is 27.1. The molecule has 1 saturated heterocycles. The van der Waals surface area contributed by atoms with E-state index in [4.69, 9.17) is 19.4 Å². The molecule has 9 nitrogen and oxygen atoms in total. The molecule has 1 aromatic heterocycles.